The molecule has 110 valence electrons. The number of hydrogen-bond acceptors (Lipinski definition) is 4. The Morgan fingerprint density at radius 1 is 1.25 bits per heavy atom. The van der Waals surface area contributed by atoms with E-state index < -0.39 is 0 Å². The zero-order chi connectivity index (χ0) is 14.1. The van der Waals surface area contributed by atoms with Crippen molar-refractivity contribution in [2.75, 3.05) is 31.1 Å². The maximum absolute atomic E-state index is 6.00. The molecule has 2 N–H and O–H groups in total. The first-order valence-electron chi connectivity index (χ1n) is 7.51. The number of rotatable bonds is 2. The van der Waals surface area contributed by atoms with Crippen LogP contribution in [0.25, 0.3) is 0 Å². The Labute approximate surface area is 129 Å². The topological polar surface area (TPSA) is 45.4 Å². The van der Waals surface area contributed by atoms with E-state index in [0.717, 1.165) is 49.3 Å². The first-order valence-corrected chi connectivity index (χ1v) is 8.30. The molecule has 3 rings (SSSR count). The third-order valence-electron chi connectivity index (χ3n) is 4.62. The predicted molar refractivity (Wildman–Crippen MR) is 86.1 cm³/mol. The molecule has 4 nitrogen and oxygen atoms in total. The van der Waals surface area contributed by atoms with E-state index in [0.29, 0.717) is 12.1 Å². The molecule has 0 bridgehead atoms. The number of nitrogens with zero attached hydrogens (tertiary/aromatic N) is 3. The van der Waals surface area contributed by atoms with Gasteiger partial charge >= 0.3 is 0 Å². The summed E-state index contributed by atoms with van der Waals surface area (Å²) < 4.78 is 1.14. The van der Waals surface area contributed by atoms with Crippen molar-refractivity contribution in [3.8, 4) is 0 Å². The van der Waals surface area contributed by atoms with Crippen molar-refractivity contribution in [1.82, 2.24) is 9.88 Å². The lowest BCUT2D eigenvalue weighted by molar-refractivity contribution is 0.163. The monoisotopic (exact) mass is 338 g/mol. The van der Waals surface area contributed by atoms with Gasteiger partial charge in [-0.25, -0.2) is 4.98 Å². The van der Waals surface area contributed by atoms with Gasteiger partial charge in [0.2, 0.25) is 0 Å². The summed E-state index contributed by atoms with van der Waals surface area (Å²) >= 11 is 3.68. The molecular formula is C15H23BrN4. The summed E-state index contributed by atoms with van der Waals surface area (Å²) in [6, 6.07) is 3.13. The first kappa shape index (κ1) is 14.3. The van der Waals surface area contributed by atoms with Gasteiger partial charge in [0.1, 0.15) is 5.82 Å². The number of aryl methyl sites for hydroxylation is 1. The van der Waals surface area contributed by atoms with Gasteiger partial charge in [0.25, 0.3) is 0 Å². The second-order valence-corrected chi connectivity index (χ2v) is 6.82. The molecule has 0 saturated carbocycles. The van der Waals surface area contributed by atoms with Crippen molar-refractivity contribution in [2.45, 2.75) is 38.3 Å². The second kappa shape index (κ2) is 6.00. The van der Waals surface area contributed by atoms with Crippen LogP contribution < -0.4 is 10.6 Å². The molecular weight excluding hydrogens is 316 g/mol. The predicted octanol–water partition coefficient (Wildman–Crippen LogP) is 2.15. The largest absolute Gasteiger partial charge is 0.354 e. The summed E-state index contributed by atoms with van der Waals surface area (Å²) in [6.45, 7) is 6.62. The van der Waals surface area contributed by atoms with Gasteiger partial charge < -0.3 is 10.6 Å². The molecule has 1 aromatic heterocycles. The number of hydrogen-bond donors (Lipinski definition) is 1. The molecule has 1 atom stereocenters. The van der Waals surface area contributed by atoms with Crippen LogP contribution in [0, 0.1) is 6.92 Å². The van der Waals surface area contributed by atoms with Crippen LogP contribution in [0.15, 0.2) is 16.7 Å². The van der Waals surface area contributed by atoms with Crippen LogP contribution in [-0.2, 0) is 0 Å². The minimum Gasteiger partial charge on any atom is -0.354 e. The number of likely N-dealkylation sites (tertiary alicyclic amines) is 1. The van der Waals surface area contributed by atoms with Crippen LogP contribution >= 0.6 is 15.9 Å². The Bertz CT molecular complexity index is 471. The van der Waals surface area contributed by atoms with Crippen molar-refractivity contribution < 1.29 is 0 Å². The highest BCUT2D eigenvalue weighted by Crippen LogP contribution is 2.30. The van der Waals surface area contributed by atoms with Crippen LogP contribution in [0.3, 0.4) is 0 Å². The maximum Gasteiger partial charge on any atom is 0.143 e. The summed E-state index contributed by atoms with van der Waals surface area (Å²) in [5.41, 5.74) is 7.25. The van der Waals surface area contributed by atoms with E-state index in [-0.39, 0.29) is 0 Å². The van der Waals surface area contributed by atoms with E-state index in [1.54, 1.807) is 0 Å². The van der Waals surface area contributed by atoms with Crippen molar-refractivity contribution in [1.29, 1.82) is 0 Å². The van der Waals surface area contributed by atoms with Gasteiger partial charge in [-0.05, 0) is 66.8 Å². The van der Waals surface area contributed by atoms with Crippen LogP contribution in [0.4, 0.5) is 5.82 Å². The van der Waals surface area contributed by atoms with Crippen LogP contribution in [-0.4, -0.2) is 48.1 Å². The third-order valence-corrected chi connectivity index (χ3v) is 5.60. The first-order chi connectivity index (χ1) is 9.65. The van der Waals surface area contributed by atoms with E-state index in [1.165, 1.54) is 12.0 Å². The van der Waals surface area contributed by atoms with E-state index in [9.17, 15) is 0 Å². The minimum atomic E-state index is 0.413. The number of aromatic nitrogens is 1. The standard InChI is InChI=1S/C15H23BrN4/c1-11-2-6-18-15(14(11)16)20-9-5-13(10-20)19-7-3-12(17)4-8-19/h2,6,12-13H,3-5,7-10,17H2,1H3. The van der Waals surface area contributed by atoms with Gasteiger partial charge in [-0.2, -0.15) is 0 Å². The molecule has 0 spiro atoms. The quantitative estimate of drug-likeness (QED) is 0.897. The van der Waals surface area contributed by atoms with E-state index in [4.69, 9.17) is 5.73 Å². The average Bonchev–Trinajstić information content (AvgIpc) is 2.92. The molecule has 2 aliphatic rings. The third kappa shape index (κ3) is 2.85. The lowest BCUT2D eigenvalue weighted by Gasteiger charge is -2.34. The Morgan fingerprint density at radius 3 is 2.75 bits per heavy atom. The molecule has 2 saturated heterocycles. The van der Waals surface area contributed by atoms with Crippen molar-refractivity contribution in [3.63, 3.8) is 0 Å². The number of piperidine rings is 1. The molecule has 0 aromatic carbocycles. The number of anilines is 1. The molecule has 20 heavy (non-hydrogen) atoms. The summed E-state index contributed by atoms with van der Waals surface area (Å²) in [5, 5.41) is 0. The van der Waals surface area contributed by atoms with Crippen LogP contribution in [0.1, 0.15) is 24.8 Å². The highest BCUT2D eigenvalue weighted by molar-refractivity contribution is 9.10. The molecule has 1 aromatic rings. The lowest BCUT2D eigenvalue weighted by atomic mass is 10.0. The molecule has 2 fully saturated rings. The summed E-state index contributed by atoms with van der Waals surface area (Å²) in [7, 11) is 0. The molecule has 2 aliphatic heterocycles. The SMILES string of the molecule is Cc1ccnc(N2CCC(N3CCC(N)CC3)C2)c1Br. The van der Waals surface area contributed by atoms with Gasteiger partial charge in [-0.3, -0.25) is 4.90 Å². The zero-order valence-corrected chi connectivity index (χ0v) is 13.6. The highest BCUT2D eigenvalue weighted by Gasteiger charge is 2.31. The van der Waals surface area contributed by atoms with Gasteiger partial charge in [0.05, 0.1) is 4.47 Å². The van der Waals surface area contributed by atoms with Gasteiger partial charge in [0, 0.05) is 31.4 Å². The lowest BCUT2D eigenvalue weighted by Crippen LogP contribution is -2.46. The Hall–Kier alpha value is -0.650. The van der Waals surface area contributed by atoms with E-state index >= 15 is 0 Å². The van der Waals surface area contributed by atoms with Crippen LogP contribution in [0.5, 0.6) is 0 Å². The fraction of sp³-hybridized carbons (Fsp3) is 0.667. The summed E-state index contributed by atoms with van der Waals surface area (Å²) in [4.78, 5) is 9.58. The summed E-state index contributed by atoms with van der Waals surface area (Å²) in [5.74, 6) is 1.10. The van der Waals surface area contributed by atoms with E-state index in [1.807, 2.05) is 12.3 Å². The zero-order valence-electron chi connectivity index (χ0n) is 12.1. The van der Waals surface area contributed by atoms with Gasteiger partial charge in [-0.1, -0.05) is 0 Å². The van der Waals surface area contributed by atoms with Crippen molar-refractivity contribution in [3.05, 3.63) is 22.3 Å². The van der Waals surface area contributed by atoms with Crippen molar-refractivity contribution >= 4 is 21.7 Å². The number of halogens is 1. The molecule has 3 heterocycles. The smallest absolute Gasteiger partial charge is 0.143 e. The normalized spacial score (nSPS) is 25.4. The fourth-order valence-electron chi connectivity index (χ4n) is 3.26. The molecule has 0 radical (unpaired) electrons. The summed E-state index contributed by atoms with van der Waals surface area (Å²) in [6.07, 6.45) is 5.42. The molecule has 0 aliphatic carbocycles. The number of pyridine rings is 1. The van der Waals surface area contributed by atoms with Gasteiger partial charge in [-0.15, -0.1) is 0 Å². The van der Waals surface area contributed by atoms with Crippen LogP contribution in [0.2, 0.25) is 0 Å². The second-order valence-electron chi connectivity index (χ2n) is 6.03. The Kier molecular flexibility index (Phi) is 4.29. The Balaban J connectivity index is 1.66. The maximum atomic E-state index is 6.00. The van der Waals surface area contributed by atoms with Crippen molar-refractivity contribution in [2.24, 2.45) is 5.73 Å². The number of nitrogens with two attached hydrogens (primary N) is 1. The Morgan fingerprint density at radius 2 is 2.00 bits per heavy atom. The minimum absolute atomic E-state index is 0.413. The molecule has 1 unspecified atom stereocenters. The van der Waals surface area contributed by atoms with Gasteiger partial charge in [0.15, 0.2) is 0 Å². The fourth-order valence-corrected chi connectivity index (χ4v) is 3.75. The van der Waals surface area contributed by atoms with E-state index in [2.05, 4.69) is 37.6 Å². The molecule has 0 amide bonds. The average molecular weight is 339 g/mol. The highest BCUT2D eigenvalue weighted by atomic mass is 79.9. The molecule has 5 heteroatoms.